The molecule has 0 atom stereocenters. The van der Waals surface area contributed by atoms with Crippen LogP contribution in [0.25, 0.3) is 11.1 Å². The Hall–Kier alpha value is -2.16. The lowest BCUT2D eigenvalue weighted by Crippen LogP contribution is -2.10. The summed E-state index contributed by atoms with van der Waals surface area (Å²) in [7, 11) is 0. The largest absolute Gasteiger partial charge is 0.478 e. The summed E-state index contributed by atoms with van der Waals surface area (Å²) in [5.74, 6) is -1.10. The third-order valence-corrected chi connectivity index (χ3v) is 3.96. The summed E-state index contributed by atoms with van der Waals surface area (Å²) in [6, 6.07) is 11.9. The average molecular weight is 270 g/mol. The summed E-state index contributed by atoms with van der Waals surface area (Å²) in [5.41, 5.74) is 2.77. The Kier molecular flexibility index (Phi) is 3.26. The van der Waals surface area contributed by atoms with Crippen LogP contribution in [0.5, 0.6) is 0 Å². The first-order valence-corrected chi connectivity index (χ1v) is 6.78. The lowest BCUT2D eigenvalue weighted by molar-refractivity contribution is 0.0696. The molecule has 2 aromatic rings. The monoisotopic (exact) mass is 270 g/mol. The number of hydrogen-bond donors (Lipinski definition) is 1. The number of halogens is 1. The molecular formula is C17H15FO2. The highest BCUT2D eigenvalue weighted by Gasteiger charge is 2.22. The average Bonchev–Trinajstić information content (AvgIpc) is 2.36. The molecule has 3 rings (SSSR count). The quantitative estimate of drug-likeness (QED) is 0.894. The number of rotatable bonds is 3. The molecular weight excluding hydrogens is 255 g/mol. The normalized spacial score (nSPS) is 14.8. The van der Waals surface area contributed by atoms with Crippen molar-refractivity contribution in [1.82, 2.24) is 0 Å². The molecule has 0 amide bonds. The van der Waals surface area contributed by atoms with Gasteiger partial charge < -0.3 is 5.11 Å². The molecule has 1 saturated carbocycles. The Balaban J connectivity index is 2.11. The fourth-order valence-corrected chi connectivity index (χ4v) is 2.70. The minimum Gasteiger partial charge on any atom is -0.478 e. The summed E-state index contributed by atoms with van der Waals surface area (Å²) in [4.78, 5) is 11.1. The van der Waals surface area contributed by atoms with E-state index in [1.807, 2.05) is 18.2 Å². The van der Waals surface area contributed by atoms with E-state index in [-0.39, 0.29) is 5.56 Å². The van der Waals surface area contributed by atoms with Gasteiger partial charge in [0.1, 0.15) is 5.82 Å². The van der Waals surface area contributed by atoms with Gasteiger partial charge in [-0.15, -0.1) is 0 Å². The second-order valence-corrected chi connectivity index (χ2v) is 5.25. The van der Waals surface area contributed by atoms with E-state index in [9.17, 15) is 9.18 Å². The van der Waals surface area contributed by atoms with Gasteiger partial charge in [-0.3, -0.25) is 0 Å². The highest BCUT2D eigenvalue weighted by Crippen LogP contribution is 2.41. The number of benzene rings is 2. The van der Waals surface area contributed by atoms with E-state index in [0.29, 0.717) is 11.5 Å². The van der Waals surface area contributed by atoms with Crippen molar-refractivity contribution in [3.63, 3.8) is 0 Å². The fourth-order valence-electron chi connectivity index (χ4n) is 2.70. The van der Waals surface area contributed by atoms with E-state index in [4.69, 9.17) is 5.11 Å². The predicted octanol–water partition coefficient (Wildman–Crippen LogP) is 4.46. The molecule has 0 aliphatic heterocycles. The molecule has 2 nitrogen and oxygen atoms in total. The molecule has 3 heteroatoms. The molecule has 0 aromatic heterocycles. The molecule has 20 heavy (non-hydrogen) atoms. The van der Waals surface area contributed by atoms with Gasteiger partial charge in [-0.2, -0.15) is 0 Å². The van der Waals surface area contributed by atoms with Crippen molar-refractivity contribution in [2.45, 2.75) is 25.2 Å². The van der Waals surface area contributed by atoms with Crippen molar-refractivity contribution in [3.05, 3.63) is 59.4 Å². The van der Waals surface area contributed by atoms with Crippen LogP contribution < -0.4 is 0 Å². The third kappa shape index (κ3) is 2.31. The SMILES string of the molecule is O=C(O)c1cc(F)cc(-c2ccccc2C2CCC2)c1. The topological polar surface area (TPSA) is 37.3 Å². The maximum atomic E-state index is 13.6. The van der Waals surface area contributed by atoms with Crippen LogP contribution in [0.15, 0.2) is 42.5 Å². The molecule has 0 heterocycles. The third-order valence-electron chi connectivity index (χ3n) is 3.96. The maximum Gasteiger partial charge on any atom is 0.335 e. The highest BCUT2D eigenvalue weighted by atomic mass is 19.1. The van der Waals surface area contributed by atoms with Crippen LogP contribution in [0, 0.1) is 5.82 Å². The van der Waals surface area contributed by atoms with E-state index in [1.165, 1.54) is 18.1 Å². The standard InChI is InChI=1S/C17H15FO2/c18-14-9-12(8-13(10-14)17(19)20)16-7-2-1-6-15(16)11-4-3-5-11/h1-2,6-11H,3-5H2,(H,19,20). The van der Waals surface area contributed by atoms with Crippen molar-refractivity contribution < 1.29 is 14.3 Å². The van der Waals surface area contributed by atoms with Crippen molar-refractivity contribution in [2.24, 2.45) is 0 Å². The zero-order chi connectivity index (χ0) is 14.1. The first-order valence-electron chi connectivity index (χ1n) is 6.78. The van der Waals surface area contributed by atoms with E-state index in [0.717, 1.165) is 24.5 Å². The lowest BCUT2D eigenvalue weighted by atomic mass is 9.77. The second-order valence-electron chi connectivity index (χ2n) is 5.25. The second kappa shape index (κ2) is 5.08. The van der Waals surface area contributed by atoms with Gasteiger partial charge in [-0.25, -0.2) is 9.18 Å². The van der Waals surface area contributed by atoms with Crippen molar-refractivity contribution >= 4 is 5.97 Å². The molecule has 0 radical (unpaired) electrons. The number of carbonyl (C=O) groups is 1. The van der Waals surface area contributed by atoms with Gasteiger partial charge in [0.05, 0.1) is 5.56 Å². The van der Waals surface area contributed by atoms with Crippen LogP contribution in [-0.4, -0.2) is 11.1 Å². The summed E-state index contributed by atoms with van der Waals surface area (Å²) in [5, 5.41) is 9.05. The molecule has 1 N–H and O–H groups in total. The maximum absolute atomic E-state index is 13.6. The molecule has 0 bridgehead atoms. The number of carboxylic acid groups (broad SMARTS) is 1. The van der Waals surface area contributed by atoms with Gasteiger partial charge in [0, 0.05) is 0 Å². The smallest absolute Gasteiger partial charge is 0.335 e. The highest BCUT2D eigenvalue weighted by molar-refractivity contribution is 5.89. The minimum atomic E-state index is -1.10. The molecule has 1 aliphatic carbocycles. The molecule has 1 aliphatic rings. The predicted molar refractivity (Wildman–Crippen MR) is 75.4 cm³/mol. The van der Waals surface area contributed by atoms with Crippen molar-refractivity contribution in [3.8, 4) is 11.1 Å². The molecule has 0 unspecified atom stereocenters. The fraction of sp³-hybridized carbons (Fsp3) is 0.235. The van der Waals surface area contributed by atoms with E-state index < -0.39 is 11.8 Å². The van der Waals surface area contributed by atoms with Crippen molar-refractivity contribution in [1.29, 1.82) is 0 Å². The van der Waals surface area contributed by atoms with Crippen LogP contribution in [0.2, 0.25) is 0 Å². The summed E-state index contributed by atoms with van der Waals surface area (Å²) in [6.45, 7) is 0. The Bertz CT molecular complexity index is 660. The van der Waals surface area contributed by atoms with Crippen LogP contribution in [0.1, 0.15) is 41.1 Å². The van der Waals surface area contributed by atoms with Crippen LogP contribution >= 0.6 is 0 Å². The van der Waals surface area contributed by atoms with E-state index >= 15 is 0 Å². The lowest BCUT2D eigenvalue weighted by Gasteiger charge is -2.28. The number of hydrogen-bond acceptors (Lipinski definition) is 1. The molecule has 102 valence electrons. The first-order chi connectivity index (χ1) is 9.65. The molecule has 0 saturated heterocycles. The zero-order valence-corrected chi connectivity index (χ0v) is 11.0. The van der Waals surface area contributed by atoms with Gasteiger partial charge in [-0.05, 0) is 53.6 Å². The van der Waals surface area contributed by atoms with E-state index in [1.54, 1.807) is 6.07 Å². The van der Waals surface area contributed by atoms with Gasteiger partial charge in [0.2, 0.25) is 0 Å². The van der Waals surface area contributed by atoms with Gasteiger partial charge in [0.25, 0.3) is 0 Å². The Morgan fingerprint density at radius 3 is 2.55 bits per heavy atom. The minimum absolute atomic E-state index is 0.0107. The van der Waals surface area contributed by atoms with Crippen LogP contribution in [0.4, 0.5) is 4.39 Å². The van der Waals surface area contributed by atoms with Crippen LogP contribution in [-0.2, 0) is 0 Å². The Morgan fingerprint density at radius 2 is 1.90 bits per heavy atom. The zero-order valence-electron chi connectivity index (χ0n) is 11.0. The Labute approximate surface area is 116 Å². The van der Waals surface area contributed by atoms with Gasteiger partial charge in [-0.1, -0.05) is 30.7 Å². The van der Waals surface area contributed by atoms with E-state index in [2.05, 4.69) is 6.07 Å². The van der Waals surface area contributed by atoms with Gasteiger partial charge >= 0.3 is 5.97 Å². The summed E-state index contributed by atoms with van der Waals surface area (Å²) < 4.78 is 13.6. The van der Waals surface area contributed by atoms with Crippen molar-refractivity contribution in [2.75, 3.05) is 0 Å². The first kappa shape index (κ1) is 12.9. The van der Waals surface area contributed by atoms with Gasteiger partial charge in [0.15, 0.2) is 0 Å². The molecule has 1 fully saturated rings. The Morgan fingerprint density at radius 1 is 1.15 bits per heavy atom. The number of aromatic carboxylic acids is 1. The summed E-state index contributed by atoms with van der Waals surface area (Å²) >= 11 is 0. The summed E-state index contributed by atoms with van der Waals surface area (Å²) in [6.07, 6.45) is 3.53. The number of carboxylic acids is 1. The molecule has 2 aromatic carbocycles. The van der Waals surface area contributed by atoms with Crippen LogP contribution in [0.3, 0.4) is 0 Å². The molecule has 0 spiro atoms.